The molecule has 1 heterocycles. The van der Waals surface area contributed by atoms with Crippen molar-refractivity contribution in [2.75, 3.05) is 6.26 Å². The van der Waals surface area contributed by atoms with Crippen LogP contribution in [0.2, 0.25) is 0 Å². The molecule has 5 rings (SSSR count). The zero-order valence-electron chi connectivity index (χ0n) is 18.3. The van der Waals surface area contributed by atoms with Gasteiger partial charge in [0.25, 0.3) is 0 Å². The molecule has 0 bridgehead atoms. The molecular weight excluding hydrogens is 620 g/mol. The zero-order chi connectivity index (χ0) is 23.0. The van der Waals surface area contributed by atoms with Crippen molar-refractivity contribution in [3.63, 3.8) is 0 Å². The van der Waals surface area contributed by atoms with E-state index in [1.807, 2.05) is 0 Å². The molecule has 1 aliphatic heterocycles. The van der Waals surface area contributed by atoms with Crippen LogP contribution in [0.15, 0.2) is 121 Å². The Morgan fingerprint density at radius 2 is 0.697 bits per heavy atom. The van der Waals surface area contributed by atoms with Crippen molar-refractivity contribution in [3.05, 3.63) is 144 Å². The molecule has 0 saturated heterocycles. The van der Waals surface area contributed by atoms with E-state index in [1.165, 1.54) is 33.4 Å². The number of hydrogen-bond donors (Lipinski definition) is 0. The number of allylic oxidation sites excluding steroid dienone is 2. The first-order valence-electron chi connectivity index (χ1n) is 10.6. The molecule has 33 heavy (non-hydrogen) atoms. The third-order valence-corrected chi connectivity index (χ3v) is 11.4. The summed E-state index contributed by atoms with van der Waals surface area (Å²) < 4.78 is 21.2. The molecule has 0 unspecified atom stereocenters. The second-order valence-electron chi connectivity index (χ2n) is 7.49. The molecule has 0 atom stereocenters. The van der Waals surface area contributed by atoms with Gasteiger partial charge in [0.05, 0.1) is 0 Å². The molecule has 0 fully saturated rings. The Bertz CT molecular complexity index is 1240. The van der Waals surface area contributed by atoms with Gasteiger partial charge in [-0.05, 0) is 0 Å². The number of hydrogen-bond acceptors (Lipinski definition) is 3. The maximum atomic E-state index is 9.00. The average Bonchev–Trinajstić information content (AvgIpc) is 3.27. The molecule has 0 aliphatic carbocycles. The van der Waals surface area contributed by atoms with Crippen LogP contribution in [0.4, 0.5) is 0 Å². The first-order chi connectivity index (χ1) is 16.1. The van der Waals surface area contributed by atoms with Crippen LogP contribution in [0.25, 0.3) is 17.4 Å². The van der Waals surface area contributed by atoms with Crippen LogP contribution in [-0.2, 0) is 19.1 Å². The quantitative estimate of drug-likeness (QED) is 0.182. The minimum absolute atomic E-state index is 1.08. The third-order valence-electron chi connectivity index (χ3n) is 5.25. The van der Waals surface area contributed by atoms with E-state index in [0.29, 0.717) is 0 Å². The van der Waals surface area contributed by atoms with Crippen LogP contribution in [-0.4, -0.2) is 30.5 Å². The van der Waals surface area contributed by atoms with Gasteiger partial charge < -0.3 is 8.42 Å². The fraction of sp³-hybridized carbons (Fsp3) is 0.0345. The fourth-order valence-corrected chi connectivity index (χ4v) is 10.4. The summed E-state index contributed by atoms with van der Waals surface area (Å²) >= 11 is -1.28. The van der Waals surface area contributed by atoms with Gasteiger partial charge in [-0.15, -0.1) is 0 Å². The van der Waals surface area contributed by atoms with Crippen LogP contribution in [0, 0.1) is 0 Å². The SMILES string of the molecule is C[S-](=O)=O.c1ccc([C]2=C(c3ccccc3)C(c3ccccc3)=[C](c3ccccc3)[Pb]2)cc1. The summed E-state index contributed by atoms with van der Waals surface area (Å²) in [5, 5.41) is 0. The number of rotatable bonds is 4. The van der Waals surface area contributed by atoms with E-state index in [-0.39, 0.29) is 0 Å². The van der Waals surface area contributed by atoms with Gasteiger partial charge in [0.1, 0.15) is 0 Å². The molecule has 4 aromatic carbocycles. The molecule has 4 heteroatoms. The molecule has 0 amide bonds. The monoisotopic (exact) mass is 643 g/mol. The van der Waals surface area contributed by atoms with Crippen molar-refractivity contribution in [3.8, 4) is 0 Å². The van der Waals surface area contributed by atoms with Crippen LogP contribution in [0.1, 0.15) is 22.3 Å². The second kappa shape index (κ2) is 11.4. The summed E-state index contributed by atoms with van der Waals surface area (Å²) in [6.07, 6.45) is 1.08. The van der Waals surface area contributed by atoms with Gasteiger partial charge in [0, 0.05) is 0 Å². The Labute approximate surface area is 209 Å². The summed E-state index contributed by atoms with van der Waals surface area (Å²) in [5.74, 6) is 0. The molecule has 0 N–H and O–H groups in total. The van der Waals surface area contributed by atoms with Gasteiger partial charge >= 0.3 is 185 Å². The summed E-state index contributed by atoms with van der Waals surface area (Å²) in [5.41, 5.74) is 8.28. The fourth-order valence-electron chi connectivity index (χ4n) is 3.93. The third kappa shape index (κ3) is 5.78. The molecule has 162 valence electrons. The predicted octanol–water partition coefficient (Wildman–Crippen LogP) is 6.77. The van der Waals surface area contributed by atoms with Gasteiger partial charge in [-0.25, -0.2) is 0 Å². The molecule has 1 aliphatic rings. The van der Waals surface area contributed by atoms with E-state index >= 15 is 0 Å². The summed E-state index contributed by atoms with van der Waals surface area (Å²) in [4.78, 5) is 0. The van der Waals surface area contributed by atoms with Gasteiger partial charge in [-0.3, -0.25) is 0 Å². The summed E-state index contributed by atoms with van der Waals surface area (Å²) in [6, 6.07) is 43.9. The van der Waals surface area contributed by atoms with Crippen molar-refractivity contribution < 1.29 is 8.42 Å². The van der Waals surface area contributed by atoms with E-state index in [2.05, 4.69) is 121 Å². The minimum atomic E-state index is -1.86. The van der Waals surface area contributed by atoms with Crippen LogP contribution < -0.4 is 0 Å². The van der Waals surface area contributed by atoms with Crippen LogP contribution >= 0.6 is 0 Å². The predicted molar refractivity (Wildman–Crippen MR) is 140 cm³/mol. The van der Waals surface area contributed by atoms with Gasteiger partial charge in [0.2, 0.25) is 0 Å². The Morgan fingerprint density at radius 3 is 0.970 bits per heavy atom. The van der Waals surface area contributed by atoms with E-state index in [0.717, 1.165) is 6.26 Å². The van der Waals surface area contributed by atoms with Crippen molar-refractivity contribution in [2.24, 2.45) is 0 Å². The first-order valence-corrected chi connectivity index (χ1v) is 16.0. The zero-order valence-corrected chi connectivity index (χ0v) is 23.0. The van der Waals surface area contributed by atoms with Crippen LogP contribution in [0.5, 0.6) is 0 Å². The van der Waals surface area contributed by atoms with Crippen molar-refractivity contribution in [2.45, 2.75) is 0 Å². The van der Waals surface area contributed by atoms with E-state index in [1.54, 1.807) is 6.26 Å². The van der Waals surface area contributed by atoms with E-state index in [4.69, 9.17) is 8.42 Å². The second-order valence-corrected chi connectivity index (χ2v) is 13.2. The Kier molecular flexibility index (Phi) is 8.07. The first kappa shape index (κ1) is 23.4. The maximum absolute atomic E-state index is 9.00. The van der Waals surface area contributed by atoms with Gasteiger partial charge in [-0.1, -0.05) is 17.0 Å². The normalized spacial score (nSPS) is 13.2. The molecule has 0 aromatic heterocycles. The Hall–Kier alpha value is -2.77. The van der Waals surface area contributed by atoms with Crippen LogP contribution in [0.3, 0.4) is 0 Å². The van der Waals surface area contributed by atoms with Crippen molar-refractivity contribution in [1.82, 2.24) is 0 Å². The van der Waals surface area contributed by atoms with E-state index in [9.17, 15) is 0 Å². The Morgan fingerprint density at radius 1 is 0.455 bits per heavy atom. The molecule has 2 radical (unpaired) electrons. The summed E-state index contributed by atoms with van der Waals surface area (Å²) in [6.45, 7) is 0. The van der Waals surface area contributed by atoms with Gasteiger partial charge in [-0.2, -0.15) is 0 Å². The Balaban J connectivity index is 0.000000601. The van der Waals surface area contributed by atoms with Gasteiger partial charge in [0.15, 0.2) is 0 Å². The summed E-state index contributed by atoms with van der Waals surface area (Å²) in [7, 11) is -1.86. The molecule has 0 saturated carbocycles. The van der Waals surface area contributed by atoms with Crippen molar-refractivity contribution in [1.29, 1.82) is 0 Å². The van der Waals surface area contributed by atoms with E-state index < -0.39 is 34.9 Å². The topological polar surface area (TPSA) is 34.1 Å². The molecule has 2 nitrogen and oxygen atoms in total. The molecular formula is C29H23O2PbS-. The standard InChI is InChI=1S/C28H20.CH3O2S.Pb/c1-5-13-23(14-6-1)21-27(25-17-9-3-10-18-25)28(26-19-11-4-12-20-26)22-24-15-7-2-8-16-24;1-4(2)3;/h1-20H;1H3;/q;-1;. The molecule has 4 aromatic rings. The van der Waals surface area contributed by atoms with Crippen molar-refractivity contribution >= 4 is 52.4 Å². The molecule has 0 spiro atoms. The average molecular weight is 643 g/mol. The number of benzene rings is 4.